The highest BCUT2D eigenvalue weighted by atomic mass is 16.4. The van der Waals surface area contributed by atoms with Crippen molar-refractivity contribution >= 4 is 11.3 Å². The Balaban J connectivity index is 1.39. The first-order valence-corrected chi connectivity index (χ1v) is 11.5. The second-order valence-corrected chi connectivity index (χ2v) is 11.0. The third-order valence-corrected chi connectivity index (χ3v) is 9.82. The largest absolute Gasteiger partial charge is 0.411 e. The summed E-state index contributed by atoms with van der Waals surface area (Å²) in [4.78, 5) is 4.41. The SMILES string of the molecule is CC12CCC3C(CC4(CC4)C4=C/C(=N/O)CCC43C)C1CC=C2c1cccnc1. The molecule has 1 spiro atoms. The quantitative estimate of drug-likeness (QED) is 0.456. The second-order valence-electron chi connectivity index (χ2n) is 11.0. The lowest BCUT2D eigenvalue weighted by atomic mass is 9.44. The third kappa shape index (κ3) is 2.30. The van der Waals surface area contributed by atoms with Crippen LogP contribution >= 0.6 is 0 Å². The Bertz CT molecular complexity index is 941. The second kappa shape index (κ2) is 5.83. The minimum Gasteiger partial charge on any atom is -0.411 e. The maximum absolute atomic E-state index is 9.41. The summed E-state index contributed by atoms with van der Waals surface area (Å²) in [5.74, 6) is 2.36. The Morgan fingerprint density at radius 1 is 1.10 bits per heavy atom. The van der Waals surface area contributed by atoms with Crippen molar-refractivity contribution in [3.05, 3.63) is 47.8 Å². The van der Waals surface area contributed by atoms with E-state index in [9.17, 15) is 5.21 Å². The Kier molecular flexibility index (Phi) is 3.60. The molecule has 3 nitrogen and oxygen atoms in total. The lowest BCUT2D eigenvalue weighted by Gasteiger charge is -2.60. The normalized spacial score (nSPS) is 43.2. The molecule has 1 heterocycles. The van der Waals surface area contributed by atoms with Crippen LogP contribution in [0, 0.1) is 34.0 Å². The van der Waals surface area contributed by atoms with E-state index >= 15 is 0 Å². The van der Waals surface area contributed by atoms with Crippen molar-refractivity contribution in [1.29, 1.82) is 0 Å². The van der Waals surface area contributed by atoms with E-state index in [-0.39, 0.29) is 0 Å². The lowest BCUT2D eigenvalue weighted by Crippen LogP contribution is -2.52. The molecule has 1 aromatic rings. The number of fused-ring (bicyclic) bond motifs is 6. The number of hydrogen-bond donors (Lipinski definition) is 1. The maximum Gasteiger partial charge on any atom is 0.0796 e. The molecule has 0 amide bonds. The van der Waals surface area contributed by atoms with E-state index in [4.69, 9.17) is 0 Å². The maximum atomic E-state index is 9.41. The Hall–Kier alpha value is -1.90. The Morgan fingerprint density at radius 2 is 1.97 bits per heavy atom. The zero-order chi connectivity index (χ0) is 19.9. The zero-order valence-electron chi connectivity index (χ0n) is 17.7. The van der Waals surface area contributed by atoms with Gasteiger partial charge in [-0.3, -0.25) is 4.98 Å². The van der Waals surface area contributed by atoms with E-state index in [1.165, 1.54) is 44.1 Å². The highest BCUT2D eigenvalue weighted by Crippen LogP contribution is 2.74. The molecule has 5 atom stereocenters. The molecule has 1 aromatic heterocycles. The molecular weight excluding hydrogens is 356 g/mol. The van der Waals surface area contributed by atoms with E-state index < -0.39 is 0 Å². The first-order chi connectivity index (χ1) is 14.0. The van der Waals surface area contributed by atoms with Crippen molar-refractivity contribution < 1.29 is 5.21 Å². The number of oxime groups is 1. The van der Waals surface area contributed by atoms with Crippen molar-refractivity contribution in [3.63, 3.8) is 0 Å². The fourth-order valence-electron chi connectivity index (χ4n) is 8.23. The molecule has 1 N–H and O–H groups in total. The summed E-state index contributed by atoms with van der Waals surface area (Å²) < 4.78 is 0. The summed E-state index contributed by atoms with van der Waals surface area (Å²) >= 11 is 0. The van der Waals surface area contributed by atoms with Gasteiger partial charge in [0.2, 0.25) is 0 Å². The molecule has 3 saturated carbocycles. The van der Waals surface area contributed by atoms with Gasteiger partial charge in [-0.05, 0) is 109 Å². The topological polar surface area (TPSA) is 45.5 Å². The highest BCUT2D eigenvalue weighted by Gasteiger charge is 2.65. The number of pyridine rings is 1. The molecule has 0 saturated heterocycles. The van der Waals surface area contributed by atoms with Crippen LogP contribution in [-0.4, -0.2) is 15.9 Å². The molecule has 3 fully saturated rings. The predicted molar refractivity (Wildman–Crippen MR) is 116 cm³/mol. The van der Waals surface area contributed by atoms with E-state index in [0.717, 1.165) is 36.3 Å². The fraction of sp³-hybridized carbons (Fsp3) is 0.615. The van der Waals surface area contributed by atoms with Gasteiger partial charge in [-0.15, -0.1) is 0 Å². The summed E-state index contributed by atoms with van der Waals surface area (Å²) in [5, 5.41) is 13.0. The van der Waals surface area contributed by atoms with Gasteiger partial charge in [-0.1, -0.05) is 36.7 Å². The number of nitrogens with zero attached hydrogens (tertiary/aromatic N) is 2. The summed E-state index contributed by atoms with van der Waals surface area (Å²) in [7, 11) is 0. The van der Waals surface area contributed by atoms with Gasteiger partial charge in [0.25, 0.3) is 0 Å². The molecule has 5 aliphatic carbocycles. The van der Waals surface area contributed by atoms with Crippen LogP contribution in [-0.2, 0) is 0 Å². The number of hydrogen-bond acceptors (Lipinski definition) is 3. The smallest absolute Gasteiger partial charge is 0.0796 e. The Morgan fingerprint density at radius 3 is 2.69 bits per heavy atom. The van der Waals surface area contributed by atoms with Crippen LogP contribution in [0.5, 0.6) is 0 Å². The molecule has 29 heavy (non-hydrogen) atoms. The monoisotopic (exact) mass is 388 g/mol. The molecule has 5 unspecified atom stereocenters. The Labute approximate surface area is 174 Å². The van der Waals surface area contributed by atoms with Crippen molar-refractivity contribution in [2.24, 2.45) is 39.2 Å². The molecule has 152 valence electrons. The van der Waals surface area contributed by atoms with Gasteiger partial charge in [-0.2, -0.15) is 0 Å². The molecule has 0 radical (unpaired) electrons. The van der Waals surface area contributed by atoms with Gasteiger partial charge >= 0.3 is 0 Å². The molecule has 3 heteroatoms. The van der Waals surface area contributed by atoms with Crippen LogP contribution in [0.3, 0.4) is 0 Å². The zero-order valence-corrected chi connectivity index (χ0v) is 17.7. The number of allylic oxidation sites excluding steroid dienone is 4. The summed E-state index contributed by atoms with van der Waals surface area (Å²) in [6.45, 7) is 5.10. The van der Waals surface area contributed by atoms with Crippen LogP contribution in [0.15, 0.2) is 47.4 Å². The van der Waals surface area contributed by atoms with E-state index in [2.05, 4.69) is 54.5 Å². The standard InChI is InChI=1S/C26H32N2O/c1-24-10-8-22-19(21(24)6-5-20(24)17-4-3-13-27-16-17)15-26(11-12-26)23-14-18(28-29)7-9-25(22,23)2/h3-5,13-14,16,19,21-22,29H,6-12,15H2,1-2H3/b28-18+. The molecule has 6 rings (SSSR count). The highest BCUT2D eigenvalue weighted by molar-refractivity contribution is 5.96. The summed E-state index contributed by atoms with van der Waals surface area (Å²) in [6.07, 6.45) is 18.8. The van der Waals surface area contributed by atoms with E-state index in [1.54, 1.807) is 11.1 Å². The van der Waals surface area contributed by atoms with Gasteiger partial charge in [0.15, 0.2) is 0 Å². The van der Waals surface area contributed by atoms with Gasteiger partial charge in [0.05, 0.1) is 5.71 Å². The average molecular weight is 389 g/mol. The molecular formula is C26H32N2O. The molecule has 0 aromatic carbocycles. The molecule has 0 bridgehead atoms. The van der Waals surface area contributed by atoms with Crippen molar-refractivity contribution in [1.82, 2.24) is 4.98 Å². The average Bonchev–Trinajstić information content (AvgIpc) is 3.41. The van der Waals surface area contributed by atoms with Gasteiger partial charge in [0, 0.05) is 12.4 Å². The lowest BCUT2D eigenvalue weighted by molar-refractivity contribution is -0.0389. The van der Waals surface area contributed by atoms with Crippen molar-refractivity contribution in [3.8, 4) is 0 Å². The number of aromatic nitrogens is 1. The van der Waals surface area contributed by atoms with Crippen LogP contribution < -0.4 is 0 Å². The first kappa shape index (κ1) is 17.9. The van der Waals surface area contributed by atoms with Crippen LogP contribution in [0.1, 0.15) is 70.8 Å². The third-order valence-electron chi connectivity index (χ3n) is 9.82. The summed E-state index contributed by atoms with van der Waals surface area (Å²) in [5.41, 5.74) is 6.44. The summed E-state index contributed by atoms with van der Waals surface area (Å²) in [6, 6.07) is 4.33. The van der Waals surface area contributed by atoms with Gasteiger partial charge in [0.1, 0.15) is 0 Å². The van der Waals surface area contributed by atoms with Crippen LogP contribution in [0.25, 0.3) is 5.57 Å². The molecule has 5 aliphatic rings. The van der Waals surface area contributed by atoms with E-state index in [0.29, 0.717) is 16.2 Å². The fourth-order valence-corrected chi connectivity index (χ4v) is 8.23. The predicted octanol–water partition coefficient (Wildman–Crippen LogP) is 6.26. The van der Waals surface area contributed by atoms with Crippen molar-refractivity contribution in [2.45, 2.75) is 65.2 Å². The van der Waals surface area contributed by atoms with Crippen LogP contribution in [0.4, 0.5) is 0 Å². The number of rotatable bonds is 1. The molecule has 0 aliphatic heterocycles. The minimum absolute atomic E-state index is 0.296. The minimum atomic E-state index is 0.296. The van der Waals surface area contributed by atoms with Crippen LogP contribution in [0.2, 0.25) is 0 Å². The first-order valence-electron chi connectivity index (χ1n) is 11.5. The van der Waals surface area contributed by atoms with Crippen molar-refractivity contribution in [2.75, 3.05) is 0 Å². The van der Waals surface area contributed by atoms with Gasteiger partial charge in [-0.25, -0.2) is 0 Å². The van der Waals surface area contributed by atoms with Gasteiger partial charge < -0.3 is 5.21 Å². The van der Waals surface area contributed by atoms with E-state index in [1.807, 2.05) is 6.20 Å².